The highest BCUT2D eigenvalue weighted by atomic mass is 16.5. The number of aryl methyl sites for hydroxylation is 1. The van der Waals surface area contributed by atoms with Gasteiger partial charge < -0.3 is 19.2 Å². The number of carbonyl (C=O) groups excluding carboxylic acids is 1. The number of nitrogens with zero attached hydrogens (tertiary/aromatic N) is 4. The Balaban J connectivity index is 1.22. The van der Waals surface area contributed by atoms with Crippen LogP contribution in [-0.4, -0.2) is 60.2 Å². The maximum Gasteiger partial charge on any atom is 0.273 e. The molecular formula is C20H23N5O3. The maximum atomic E-state index is 12.2. The molecule has 4 rings (SSSR count). The van der Waals surface area contributed by atoms with Crippen LogP contribution in [0.15, 0.2) is 51.7 Å². The van der Waals surface area contributed by atoms with E-state index >= 15 is 0 Å². The summed E-state index contributed by atoms with van der Waals surface area (Å²) < 4.78 is 10.4. The number of aromatic nitrogens is 2. The zero-order valence-electron chi connectivity index (χ0n) is 15.8. The standard InChI is InChI=1S/C20H23N5O3/c1-15-4-2-6-21-19(15)25-11-9-24(10-12-25)8-7-22-20(26)16-14-18(28-23-16)17-5-3-13-27-17/h2-6,13-14H,7-12H2,1H3,(H,22,26). The third-order valence-electron chi connectivity index (χ3n) is 4.87. The fourth-order valence-electron chi connectivity index (χ4n) is 3.33. The predicted octanol–water partition coefficient (Wildman–Crippen LogP) is 2.19. The average molecular weight is 381 g/mol. The van der Waals surface area contributed by atoms with Crippen LogP contribution in [0.5, 0.6) is 0 Å². The molecule has 1 N–H and O–H groups in total. The van der Waals surface area contributed by atoms with Crippen molar-refractivity contribution in [2.75, 3.05) is 44.2 Å². The number of furan rings is 1. The van der Waals surface area contributed by atoms with Gasteiger partial charge in [-0.25, -0.2) is 4.98 Å². The number of rotatable bonds is 6. The van der Waals surface area contributed by atoms with Crippen LogP contribution in [0.3, 0.4) is 0 Å². The van der Waals surface area contributed by atoms with Gasteiger partial charge in [0, 0.05) is 51.5 Å². The van der Waals surface area contributed by atoms with Crippen LogP contribution in [0, 0.1) is 6.92 Å². The molecule has 0 atom stereocenters. The van der Waals surface area contributed by atoms with Gasteiger partial charge >= 0.3 is 0 Å². The maximum absolute atomic E-state index is 12.2. The summed E-state index contributed by atoms with van der Waals surface area (Å²) in [5, 5.41) is 6.71. The quantitative estimate of drug-likeness (QED) is 0.700. The van der Waals surface area contributed by atoms with E-state index in [0.29, 0.717) is 18.1 Å². The molecule has 1 fully saturated rings. The number of pyridine rings is 1. The van der Waals surface area contributed by atoms with Crippen LogP contribution in [0.2, 0.25) is 0 Å². The Morgan fingerprint density at radius 3 is 2.79 bits per heavy atom. The van der Waals surface area contributed by atoms with Gasteiger partial charge in [0.25, 0.3) is 5.91 Å². The van der Waals surface area contributed by atoms with Crippen LogP contribution >= 0.6 is 0 Å². The predicted molar refractivity (Wildman–Crippen MR) is 104 cm³/mol. The van der Waals surface area contributed by atoms with Gasteiger partial charge in [0.1, 0.15) is 5.82 Å². The molecule has 28 heavy (non-hydrogen) atoms. The highest BCUT2D eigenvalue weighted by Crippen LogP contribution is 2.20. The summed E-state index contributed by atoms with van der Waals surface area (Å²) in [5.74, 6) is 1.81. The molecule has 3 aromatic rings. The Morgan fingerprint density at radius 1 is 1.18 bits per heavy atom. The smallest absolute Gasteiger partial charge is 0.273 e. The third-order valence-corrected chi connectivity index (χ3v) is 4.87. The van der Waals surface area contributed by atoms with Gasteiger partial charge in [-0.1, -0.05) is 11.2 Å². The summed E-state index contributed by atoms with van der Waals surface area (Å²) >= 11 is 0. The van der Waals surface area contributed by atoms with Gasteiger partial charge in [0.2, 0.25) is 5.76 Å². The van der Waals surface area contributed by atoms with Crippen molar-refractivity contribution in [3.63, 3.8) is 0 Å². The van der Waals surface area contributed by atoms with E-state index in [9.17, 15) is 4.79 Å². The SMILES string of the molecule is Cc1cccnc1N1CCN(CCNC(=O)c2cc(-c3ccco3)on2)CC1. The molecule has 3 aromatic heterocycles. The number of anilines is 1. The Hall–Kier alpha value is -3.13. The first-order valence-electron chi connectivity index (χ1n) is 9.38. The molecule has 0 spiro atoms. The second kappa shape index (κ2) is 8.26. The van der Waals surface area contributed by atoms with E-state index < -0.39 is 0 Å². The molecule has 1 aliphatic heterocycles. The summed E-state index contributed by atoms with van der Waals surface area (Å²) in [7, 11) is 0. The summed E-state index contributed by atoms with van der Waals surface area (Å²) in [4.78, 5) is 21.4. The Morgan fingerprint density at radius 2 is 2.04 bits per heavy atom. The summed E-state index contributed by atoms with van der Waals surface area (Å²) in [6.07, 6.45) is 3.39. The zero-order valence-corrected chi connectivity index (χ0v) is 15.8. The number of hydrogen-bond acceptors (Lipinski definition) is 7. The van der Waals surface area contributed by atoms with Crippen molar-refractivity contribution in [3.05, 3.63) is 54.0 Å². The van der Waals surface area contributed by atoms with Gasteiger partial charge in [-0.2, -0.15) is 0 Å². The molecule has 146 valence electrons. The van der Waals surface area contributed by atoms with Crippen LogP contribution < -0.4 is 10.2 Å². The van der Waals surface area contributed by atoms with E-state index in [1.165, 1.54) is 5.56 Å². The minimum atomic E-state index is -0.246. The first kappa shape index (κ1) is 18.2. The molecule has 0 aromatic carbocycles. The van der Waals surface area contributed by atoms with Crippen molar-refractivity contribution >= 4 is 11.7 Å². The molecular weight excluding hydrogens is 358 g/mol. The van der Waals surface area contributed by atoms with Crippen molar-refractivity contribution in [2.24, 2.45) is 0 Å². The van der Waals surface area contributed by atoms with E-state index in [2.05, 4.69) is 38.2 Å². The first-order chi connectivity index (χ1) is 13.7. The second-order valence-corrected chi connectivity index (χ2v) is 6.78. The lowest BCUT2D eigenvalue weighted by molar-refractivity contribution is 0.0939. The topological polar surface area (TPSA) is 87.6 Å². The van der Waals surface area contributed by atoms with Crippen molar-refractivity contribution < 1.29 is 13.7 Å². The van der Waals surface area contributed by atoms with Gasteiger partial charge in [-0.05, 0) is 30.7 Å². The summed E-state index contributed by atoms with van der Waals surface area (Å²) in [6, 6.07) is 9.15. The van der Waals surface area contributed by atoms with Gasteiger partial charge in [0.05, 0.1) is 6.26 Å². The van der Waals surface area contributed by atoms with Crippen LogP contribution in [0.1, 0.15) is 16.1 Å². The molecule has 0 unspecified atom stereocenters. The monoisotopic (exact) mass is 381 g/mol. The summed E-state index contributed by atoms with van der Waals surface area (Å²) in [6.45, 7) is 7.19. The molecule has 1 amide bonds. The van der Waals surface area contributed by atoms with Gasteiger partial charge in [-0.15, -0.1) is 0 Å². The van der Waals surface area contributed by atoms with E-state index in [0.717, 1.165) is 38.5 Å². The van der Waals surface area contributed by atoms with E-state index in [4.69, 9.17) is 8.94 Å². The van der Waals surface area contributed by atoms with Crippen molar-refractivity contribution in [3.8, 4) is 11.5 Å². The van der Waals surface area contributed by atoms with E-state index in [1.807, 2.05) is 12.3 Å². The van der Waals surface area contributed by atoms with Gasteiger partial charge in [-0.3, -0.25) is 9.69 Å². The van der Waals surface area contributed by atoms with Crippen molar-refractivity contribution in [1.29, 1.82) is 0 Å². The lowest BCUT2D eigenvalue weighted by Crippen LogP contribution is -2.48. The van der Waals surface area contributed by atoms with Crippen molar-refractivity contribution in [1.82, 2.24) is 20.4 Å². The van der Waals surface area contributed by atoms with Gasteiger partial charge in [0.15, 0.2) is 11.5 Å². The number of piperazine rings is 1. The van der Waals surface area contributed by atoms with E-state index in [1.54, 1.807) is 24.5 Å². The number of amides is 1. The molecule has 0 aliphatic carbocycles. The largest absolute Gasteiger partial charge is 0.461 e. The Labute approximate surface area is 163 Å². The normalized spacial score (nSPS) is 15.0. The Kier molecular flexibility index (Phi) is 5.38. The minimum absolute atomic E-state index is 0.246. The lowest BCUT2D eigenvalue weighted by Gasteiger charge is -2.36. The highest BCUT2D eigenvalue weighted by molar-refractivity contribution is 5.92. The Bertz CT molecular complexity index is 914. The zero-order chi connectivity index (χ0) is 19.3. The number of nitrogens with one attached hydrogen (secondary N) is 1. The molecule has 1 aliphatic rings. The lowest BCUT2D eigenvalue weighted by atomic mass is 10.2. The highest BCUT2D eigenvalue weighted by Gasteiger charge is 2.19. The fraction of sp³-hybridized carbons (Fsp3) is 0.350. The average Bonchev–Trinajstić information content (AvgIpc) is 3.41. The molecule has 0 saturated carbocycles. The molecule has 0 bridgehead atoms. The minimum Gasteiger partial charge on any atom is -0.461 e. The van der Waals surface area contributed by atoms with Crippen molar-refractivity contribution in [2.45, 2.75) is 6.92 Å². The van der Waals surface area contributed by atoms with E-state index in [-0.39, 0.29) is 11.6 Å². The molecule has 0 radical (unpaired) electrons. The number of hydrogen-bond donors (Lipinski definition) is 1. The first-order valence-corrected chi connectivity index (χ1v) is 9.38. The molecule has 1 saturated heterocycles. The fourth-order valence-corrected chi connectivity index (χ4v) is 3.33. The molecule has 4 heterocycles. The van der Waals surface area contributed by atoms with Crippen LogP contribution in [-0.2, 0) is 0 Å². The molecule has 8 heteroatoms. The third kappa shape index (κ3) is 4.07. The molecule has 8 nitrogen and oxygen atoms in total. The van der Waals surface area contributed by atoms with Crippen LogP contribution in [0.4, 0.5) is 5.82 Å². The summed E-state index contributed by atoms with van der Waals surface area (Å²) in [5.41, 5.74) is 1.45. The number of carbonyl (C=O) groups is 1. The second-order valence-electron chi connectivity index (χ2n) is 6.78. The van der Waals surface area contributed by atoms with Crippen LogP contribution in [0.25, 0.3) is 11.5 Å².